The van der Waals surface area contributed by atoms with Crippen LogP contribution in [0.1, 0.15) is 39.7 Å². The average Bonchev–Trinajstić information content (AvgIpc) is 2.73. The zero-order valence-electron chi connectivity index (χ0n) is 19.9. The van der Waals surface area contributed by atoms with Crippen molar-refractivity contribution in [1.29, 1.82) is 0 Å². The smallest absolute Gasteiger partial charge is 0.330 e. The lowest BCUT2D eigenvalue weighted by Crippen LogP contribution is -2.51. The summed E-state index contributed by atoms with van der Waals surface area (Å²) in [4.78, 5) is 44.7. The minimum Gasteiger partial charge on any atom is -0.383 e. The third kappa shape index (κ3) is 6.33. The number of hydrogen-bond acceptors (Lipinski definition) is 6. The summed E-state index contributed by atoms with van der Waals surface area (Å²) in [6, 6.07) is 9.36. The van der Waals surface area contributed by atoms with Gasteiger partial charge in [0, 0.05) is 19.6 Å². The van der Waals surface area contributed by atoms with Gasteiger partial charge in [-0.1, -0.05) is 44.2 Å². The summed E-state index contributed by atoms with van der Waals surface area (Å²) in [6.45, 7) is 10.0. The number of aromatic nitrogens is 2. The summed E-state index contributed by atoms with van der Waals surface area (Å²) in [5.74, 6) is 0.0896. The molecule has 1 aliphatic rings. The Bertz CT molecular complexity index is 1050. The molecule has 180 valence electrons. The van der Waals surface area contributed by atoms with Crippen molar-refractivity contribution in [3.63, 3.8) is 0 Å². The van der Waals surface area contributed by atoms with E-state index in [-0.39, 0.29) is 42.7 Å². The zero-order chi connectivity index (χ0) is 24.1. The molecule has 0 aliphatic carbocycles. The highest BCUT2D eigenvalue weighted by molar-refractivity contribution is 5.96. The number of benzene rings is 1. The van der Waals surface area contributed by atoms with E-state index in [9.17, 15) is 14.4 Å². The number of morpholine rings is 1. The number of rotatable bonds is 8. The molecule has 1 aliphatic heterocycles. The van der Waals surface area contributed by atoms with Crippen LogP contribution in [0, 0.1) is 5.92 Å². The number of carbonyl (C=O) groups is 1. The molecule has 1 amide bonds. The predicted octanol–water partition coefficient (Wildman–Crippen LogP) is 1.66. The van der Waals surface area contributed by atoms with Crippen LogP contribution in [0.3, 0.4) is 0 Å². The van der Waals surface area contributed by atoms with Crippen LogP contribution in [0.25, 0.3) is 0 Å². The molecule has 3 rings (SSSR count). The lowest BCUT2D eigenvalue weighted by molar-refractivity contribution is -0.123. The molecule has 9 heteroatoms. The van der Waals surface area contributed by atoms with Gasteiger partial charge in [-0.3, -0.25) is 24.0 Å². The second-order valence-electron chi connectivity index (χ2n) is 9.24. The van der Waals surface area contributed by atoms with Crippen LogP contribution in [0.4, 0.5) is 11.5 Å². The largest absolute Gasteiger partial charge is 0.383 e. The van der Waals surface area contributed by atoms with Gasteiger partial charge in [0.1, 0.15) is 5.82 Å². The van der Waals surface area contributed by atoms with Gasteiger partial charge in [0.2, 0.25) is 5.91 Å². The summed E-state index contributed by atoms with van der Waals surface area (Å²) < 4.78 is 7.07. The van der Waals surface area contributed by atoms with E-state index in [1.807, 2.05) is 49.1 Å². The molecule has 9 nitrogen and oxygen atoms in total. The molecule has 0 saturated carbocycles. The number of carbonyl (C=O) groups excluding carboxylic acids is 1. The van der Waals surface area contributed by atoms with E-state index in [0.717, 1.165) is 5.56 Å². The molecule has 1 saturated heterocycles. The van der Waals surface area contributed by atoms with Gasteiger partial charge in [0.05, 0.1) is 25.3 Å². The molecule has 0 spiro atoms. The van der Waals surface area contributed by atoms with Crippen molar-refractivity contribution in [2.45, 2.75) is 52.9 Å². The summed E-state index contributed by atoms with van der Waals surface area (Å²) in [5.41, 5.74) is 6.02. The summed E-state index contributed by atoms with van der Waals surface area (Å²) in [5, 5.41) is 0. The number of H-pyrrole nitrogens is 1. The molecule has 2 heterocycles. The van der Waals surface area contributed by atoms with Crippen molar-refractivity contribution in [3.8, 4) is 0 Å². The Morgan fingerprint density at radius 1 is 1.18 bits per heavy atom. The molecule has 2 atom stereocenters. The van der Waals surface area contributed by atoms with Crippen molar-refractivity contribution < 1.29 is 9.53 Å². The van der Waals surface area contributed by atoms with Gasteiger partial charge >= 0.3 is 5.69 Å². The lowest BCUT2D eigenvalue weighted by atomic mass is 10.1. The zero-order valence-corrected chi connectivity index (χ0v) is 19.9. The van der Waals surface area contributed by atoms with E-state index in [0.29, 0.717) is 32.0 Å². The molecule has 0 bridgehead atoms. The van der Waals surface area contributed by atoms with Gasteiger partial charge in [-0.2, -0.15) is 0 Å². The molecule has 1 aromatic heterocycles. The van der Waals surface area contributed by atoms with Crippen molar-refractivity contribution in [2.75, 3.05) is 36.8 Å². The van der Waals surface area contributed by atoms with Gasteiger partial charge < -0.3 is 15.4 Å². The fourth-order valence-electron chi connectivity index (χ4n) is 4.20. The maximum Gasteiger partial charge on any atom is 0.330 e. The number of ether oxygens (including phenoxy) is 1. The molecule has 1 fully saturated rings. The van der Waals surface area contributed by atoms with Crippen molar-refractivity contribution in [1.82, 2.24) is 14.5 Å². The Morgan fingerprint density at radius 2 is 1.82 bits per heavy atom. The monoisotopic (exact) mass is 457 g/mol. The Hall–Kier alpha value is -2.91. The second kappa shape index (κ2) is 10.8. The number of nitrogens with zero attached hydrogens (tertiary/aromatic N) is 3. The van der Waals surface area contributed by atoms with Crippen LogP contribution in [0.5, 0.6) is 0 Å². The molecule has 0 unspecified atom stereocenters. The van der Waals surface area contributed by atoms with Gasteiger partial charge in [0.25, 0.3) is 5.56 Å². The first-order valence-electron chi connectivity index (χ1n) is 11.5. The number of nitrogen functional groups attached to an aromatic ring is 1. The van der Waals surface area contributed by atoms with E-state index in [1.165, 1.54) is 9.47 Å². The Labute approximate surface area is 194 Å². The Kier molecular flexibility index (Phi) is 8.10. The minimum atomic E-state index is -0.650. The number of anilines is 2. The van der Waals surface area contributed by atoms with Crippen LogP contribution in [0.2, 0.25) is 0 Å². The summed E-state index contributed by atoms with van der Waals surface area (Å²) in [7, 11) is 0. The van der Waals surface area contributed by atoms with Gasteiger partial charge in [-0.15, -0.1) is 0 Å². The molecule has 2 aromatic rings. The normalized spacial score (nSPS) is 19.1. The van der Waals surface area contributed by atoms with Crippen LogP contribution >= 0.6 is 0 Å². The van der Waals surface area contributed by atoms with Crippen LogP contribution in [0.15, 0.2) is 39.9 Å². The first-order chi connectivity index (χ1) is 15.7. The molecule has 1 aromatic carbocycles. The Balaban J connectivity index is 1.95. The minimum absolute atomic E-state index is 0.00609. The van der Waals surface area contributed by atoms with E-state index in [2.05, 4.69) is 18.8 Å². The second-order valence-corrected chi connectivity index (χ2v) is 9.24. The molecular weight excluding hydrogens is 422 g/mol. The average molecular weight is 458 g/mol. The number of amides is 1. The van der Waals surface area contributed by atoms with Crippen molar-refractivity contribution >= 4 is 17.4 Å². The number of hydrogen-bond donors (Lipinski definition) is 2. The predicted molar refractivity (Wildman–Crippen MR) is 130 cm³/mol. The standard InChI is InChI=1S/C24H35N5O4/c1-16(2)10-11-28(20(30)15-27-12-17(3)33-18(4)13-27)21-22(25)29(24(32)26-23(21)31)14-19-8-6-5-7-9-19/h5-9,16-18H,10-15,25H2,1-4H3,(H,26,31,32)/t17-,18-/m1/s1. The molecule has 0 radical (unpaired) electrons. The van der Waals surface area contributed by atoms with Crippen molar-refractivity contribution in [3.05, 3.63) is 56.7 Å². The fourth-order valence-corrected chi connectivity index (χ4v) is 4.20. The maximum atomic E-state index is 13.4. The van der Waals surface area contributed by atoms with Crippen LogP contribution < -0.4 is 21.9 Å². The number of nitrogens with one attached hydrogen (secondary N) is 1. The highest BCUT2D eigenvalue weighted by atomic mass is 16.5. The number of nitrogens with two attached hydrogens (primary N) is 1. The first-order valence-corrected chi connectivity index (χ1v) is 11.5. The summed E-state index contributed by atoms with van der Waals surface area (Å²) in [6.07, 6.45) is 0.733. The van der Waals surface area contributed by atoms with E-state index >= 15 is 0 Å². The quantitative estimate of drug-likeness (QED) is 0.623. The molecule has 33 heavy (non-hydrogen) atoms. The van der Waals surface area contributed by atoms with E-state index in [4.69, 9.17) is 10.5 Å². The SMILES string of the molecule is CC(C)CCN(C(=O)CN1C[C@@H](C)O[C@H](C)C1)c1c(N)n(Cc2ccccc2)c(=O)[nH]c1=O. The highest BCUT2D eigenvalue weighted by Gasteiger charge is 2.29. The van der Waals surface area contributed by atoms with E-state index < -0.39 is 11.2 Å². The first kappa shape index (κ1) is 24.7. The number of aromatic amines is 1. The van der Waals surface area contributed by atoms with Crippen LogP contribution in [-0.2, 0) is 16.1 Å². The fraction of sp³-hybridized carbons (Fsp3) is 0.542. The molecule has 3 N–H and O–H groups in total. The molecular formula is C24H35N5O4. The third-order valence-corrected chi connectivity index (χ3v) is 5.75. The lowest BCUT2D eigenvalue weighted by Gasteiger charge is -2.36. The maximum absolute atomic E-state index is 13.4. The third-order valence-electron chi connectivity index (χ3n) is 5.75. The summed E-state index contributed by atoms with van der Waals surface area (Å²) >= 11 is 0. The Morgan fingerprint density at radius 3 is 2.42 bits per heavy atom. The van der Waals surface area contributed by atoms with Crippen molar-refractivity contribution in [2.24, 2.45) is 5.92 Å². The van der Waals surface area contributed by atoms with Crippen LogP contribution in [-0.4, -0.2) is 58.7 Å². The van der Waals surface area contributed by atoms with Gasteiger partial charge in [0.15, 0.2) is 5.69 Å². The van der Waals surface area contributed by atoms with Gasteiger partial charge in [-0.25, -0.2) is 4.79 Å². The highest BCUT2D eigenvalue weighted by Crippen LogP contribution is 2.20. The topological polar surface area (TPSA) is 114 Å². The van der Waals surface area contributed by atoms with Gasteiger partial charge in [-0.05, 0) is 31.7 Å². The van der Waals surface area contributed by atoms with E-state index in [1.54, 1.807) is 0 Å².